The molecule has 0 spiro atoms. The van der Waals surface area contributed by atoms with Crippen molar-refractivity contribution in [3.8, 4) is 0 Å². The van der Waals surface area contributed by atoms with Crippen LogP contribution in [-0.4, -0.2) is 5.78 Å². The van der Waals surface area contributed by atoms with E-state index in [1.165, 1.54) is 44.5 Å². The number of fused-ring (bicyclic) bond motifs is 8. The summed E-state index contributed by atoms with van der Waals surface area (Å²) in [5.41, 5.74) is 14.8. The Labute approximate surface area is 230 Å². The highest BCUT2D eigenvalue weighted by Crippen LogP contribution is 2.30. The van der Waals surface area contributed by atoms with Crippen molar-refractivity contribution in [2.45, 2.75) is 57.1 Å². The zero-order valence-electron chi connectivity index (χ0n) is 22.2. The largest absolute Gasteiger partial charge is 0.289 e. The molecule has 0 fully saturated rings. The molecular weight excluding hydrogens is 489 g/mol. The molecule has 1 nitrogen and oxygen atoms in total. The molecule has 0 aliphatic carbocycles. The van der Waals surface area contributed by atoms with E-state index in [2.05, 4.69) is 76.2 Å². The van der Waals surface area contributed by atoms with Crippen LogP contribution in [-0.2, 0) is 29.4 Å². The minimum Gasteiger partial charge on any atom is -0.289 e. The molecule has 0 aromatic heterocycles. The smallest absolute Gasteiger partial charge is 0.193 e. The number of carbonyl (C=O) groups is 1. The van der Waals surface area contributed by atoms with Gasteiger partial charge in [0.05, 0.1) is 0 Å². The fourth-order valence-electron chi connectivity index (χ4n) is 5.23. The highest BCUT2D eigenvalue weighted by atomic mass is 32.2. The lowest BCUT2D eigenvalue weighted by atomic mass is 9.92. The van der Waals surface area contributed by atoms with Gasteiger partial charge in [-0.05, 0) is 89.8 Å². The lowest BCUT2D eigenvalue weighted by Gasteiger charge is -2.17. The van der Waals surface area contributed by atoms with E-state index in [9.17, 15) is 4.79 Å². The van der Waals surface area contributed by atoms with Gasteiger partial charge in [-0.2, -0.15) is 23.5 Å². The zero-order valence-corrected chi connectivity index (χ0v) is 23.8. The van der Waals surface area contributed by atoms with E-state index >= 15 is 0 Å². The van der Waals surface area contributed by atoms with Gasteiger partial charge in [-0.1, -0.05) is 72.8 Å². The van der Waals surface area contributed by atoms with E-state index in [0.29, 0.717) is 0 Å². The van der Waals surface area contributed by atoms with Crippen molar-refractivity contribution in [1.29, 1.82) is 0 Å². The summed E-state index contributed by atoms with van der Waals surface area (Å²) in [6.07, 6.45) is 0.971. The van der Waals surface area contributed by atoms with Gasteiger partial charge in [-0.3, -0.25) is 4.79 Å². The molecule has 1 heterocycles. The fourth-order valence-corrected chi connectivity index (χ4v) is 7.57. The van der Waals surface area contributed by atoms with Crippen LogP contribution in [0.5, 0.6) is 0 Å². The molecule has 4 aromatic carbocycles. The number of hydrogen-bond donors (Lipinski definition) is 0. The molecule has 4 aromatic rings. The third kappa shape index (κ3) is 5.44. The predicted molar refractivity (Wildman–Crippen MR) is 161 cm³/mol. The normalized spacial score (nSPS) is 14.3. The summed E-state index contributed by atoms with van der Waals surface area (Å²) in [4.78, 5) is 13.7. The SMILES string of the molecule is Cc1c2cccc1Cc1cccc(c1C)CSCc1cccc(c1C)C(=O)c1cccc(c1C)CSC2. The first-order valence-electron chi connectivity index (χ1n) is 13.0. The van der Waals surface area contributed by atoms with E-state index in [1.54, 1.807) is 0 Å². The lowest BCUT2D eigenvalue weighted by Crippen LogP contribution is -2.08. The summed E-state index contributed by atoms with van der Waals surface area (Å²) in [5, 5.41) is 0. The van der Waals surface area contributed by atoms with E-state index < -0.39 is 0 Å². The van der Waals surface area contributed by atoms with Gasteiger partial charge < -0.3 is 0 Å². The Morgan fingerprint density at radius 1 is 0.459 bits per heavy atom. The van der Waals surface area contributed by atoms with Crippen LogP contribution >= 0.6 is 23.5 Å². The van der Waals surface area contributed by atoms with Gasteiger partial charge in [0.25, 0.3) is 0 Å². The highest BCUT2D eigenvalue weighted by molar-refractivity contribution is 7.98. The van der Waals surface area contributed by atoms with Crippen molar-refractivity contribution < 1.29 is 4.79 Å². The molecule has 0 saturated heterocycles. The topological polar surface area (TPSA) is 17.1 Å². The summed E-state index contributed by atoms with van der Waals surface area (Å²) in [6.45, 7) is 8.75. The minimum atomic E-state index is 0.134. The summed E-state index contributed by atoms with van der Waals surface area (Å²) in [7, 11) is 0. The Morgan fingerprint density at radius 2 is 0.784 bits per heavy atom. The standard InChI is InChI=1S/C34H34OS2/c1-22-26-9-5-11-28(22)18-36-20-30-13-7-15-32(24(30)3)34(35)33-16-8-14-31(25(33)4)21-37-19-29-12-6-10-27(17-26)23(29)2/h5-16H,17-21H2,1-4H3. The molecule has 37 heavy (non-hydrogen) atoms. The lowest BCUT2D eigenvalue weighted by molar-refractivity contribution is 0.103. The van der Waals surface area contributed by atoms with Crippen LogP contribution in [0.1, 0.15) is 71.6 Å². The number of thioether (sulfide) groups is 2. The number of carbonyl (C=O) groups excluding carboxylic acids is 1. The molecular formula is C34H34OS2. The van der Waals surface area contributed by atoms with E-state index in [1.807, 2.05) is 47.8 Å². The van der Waals surface area contributed by atoms with Crippen LogP contribution in [0.2, 0.25) is 0 Å². The Hall–Kier alpha value is -2.75. The number of ketones is 1. The average Bonchev–Trinajstić information content (AvgIpc) is 2.89. The van der Waals surface area contributed by atoms with Crippen LogP contribution in [0.4, 0.5) is 0 Å². The van der Waals surface area contributed by atoms with Gasteiger partial charge in [0.2, 0.25) is 0 Å². The summed E-state index contributed by atoms with van der Waals surface area (Å²) < 4.78 is 0. The monoisotopic (exact) mass is 522 g/mol. The van der Waals surface area contributed by atoms with Crippen molar-refractivity contribution in [3.05, 3.63) is 140 Å². The summed E-state index contributed by atoms with van der Waals surface area (Å²) >= 11 is 3.86. The van der Waals surface area contributed by atoms with Gasteiger partial charge in [0.1, 0.15) is 0 Å². The molecule has 0 unspecified atom stereocenters. The van der Waals surface area contributed by atoms with Crippen LogP contribution in [0.3, 0.4) is 0 Å². The first-order chi connectivity index (χ1) is 17.9. The maximum Gasteiger partial charge on any atom is 0.193 e. The first-order valence-corrected chi connectivity index (χ1v) is 15.3. The molecule has 1 aliphatic rings. The molecule has 1 aliphatic heterocycles. The van der Waals surface area contributed by atoms with Crippen LogP contribution in [0.25, 0.3) is 0 Å². The van der Waals surface area contributed by atoms with Crippen LogP contribution in [0, 0.1) is 27.7 Å². The average molecular weight is 523 g/mol. The Balaban J connectivity index is 1.55. The van der Waals surface area contributed by atoms with Crippen molar-refractivity contribution in [2.24, 2.45) is 0 Å². The summed E-state index contributed by atoms with van der Waals surface area (Å²) in [6, 6.07) is 25.9. The minimum absolute atomic E-state index is 0.134. The summed E-state index contributed by atoms with van der Waals surface area (Å²) in [5.74, 6) is 3.86. The van der Waals surface area contributed by atoms with Gasteiger partial charge in [-0.15, -0.1) is 0 Å². The Bertz CT molecular complexity index is 1360. The molecule has 0 amide bonds. The fraction of sp³-hybridized carbons (Fsp3) is 0.265. The number of hydrogen-bond acceptors (Lipinski definition) is 3. The quantitative estimate of drug-likeness (QED) is 0.229. The highest BCUT2D eigenvalue weighted by Gasteiger charge is 2.18. The Morgan fingerprint density at radius 3 is 1.19 bits per heavy atom. The maximum absolute atomic E-state index is 13.7. The van der Waals surface area contributed by atoms with Crippen LogP contribution < -0.4 is 0 Å². The van der Waals surface area contributed by atoms with Crippen molar-refractivity contribution in [3.63, 3.8) is 0 Å². The molecule has 188 valence electrons. The number of rotatable bonds is 0. The first kappa shape index (κ1) is 25.9. The van der Waals surface area contributed by atoms with Gasteiger partial charge >= 0.3 is 0 Å². The van der Waals surface area contributed by atoms with Gasteiger partial charge in [0, 0.05) is 34.1 Å². The molecule has 0 atom stereocenters. The van der Waals surface area contributed by atoms with Gasteiger partial charge in [0.15, 0.2) is 5.78 Å². The van der Waals surface area contributed by atoms with Gasteiger partial charge in [-0.25, -0.2) is 0 Å². The maximum atomic E-state index is 13.7. The van der Waals surface area contributed by atoms with Crippen LogP contribution in [0.15, 0.2) is 72.8 Å². The molecule has 0 N–H and O–H groups in total. The second-order valence-electron chi connectivity index (χ2n) is 10.1. The van der Waals surface area contributed by atoms with E-state index in [-0.39, 0.29) is 5.78 Å². The molecule has 0 saturated carbocycles. The molecule has 3 heteroatoms. The molecule has 8 bridgehead atoms. The predicted octanol–water partition coefficient (Wildman–Crippen LogP) is 8.92. The Kier molecular flexibility index (Phi) is 7.92. The molecule has 5 rings (SSSR count). The van der Waals surface area contributed by atoms with E-state index in [4.69, 9.17) is 0 Å². The molecule has 0 radical (unpaired) electrons. The third-order valence-electron chi connectivity index (χ3n) is 7.91. The second-order valence-corrected chi connectivity index (χ2v) is 12.0. The van der Waals surface area contributed by atoms with Crippen molar-refractivity contribution in [2.75, 3.05) is 0 Å². The number of benzene rings is 4. The zero-order chi connectivity index (χ0) is 25.9. The third-order valence-corrected chi connectivity index (χ3v) is 9.97. The van der Waals surface area contributed by atoms with E-state index in [0.717, 1.165) is 51.7 Å². The van der Waals surface area contributed by atoms with Crippen molar-refractivity contribution in [1.82, 2.24) is 0 Å². The second kappa shape index (κ2) is 11.3. The van der Waals surface area contributed by atoms with Crippen molar-refractivity contribution >= 4 is 29.3 Å².